The molecular formula is C20H30IN5O2. The van der Waals surface area contributed by atoms with Crippen LogP contribution in [0, 0.1) is 5.92 Å². The summed E-state index contributed by atoms with van der Waals surface area (Å²) in [6.07, 6.45) is 2.39. The van der Waals surface area contributed by atoms with Crippen molar-refractivity contribution < 1.29 is 9.53 Å². The number of benzene rings is 1. The molecular weight excluding hydrogens is 469 g/mol. The largest absolute Gasteiger partial charge is 0.466 e. The number of guanidine groups is 1. The Bertz CT molecular complexity index is 751. The van der Waals surface area contributed by atoms with Gasteiger partial charge >= 0.3 is 5.97 Å². The number of carbonyl (C=O) groups excluding carboxylic acids is 1. The minimum atomic E-state index is -0.0658. The van der Waals surface area contributed by atoms with Crippen molar-refractivity contribution in [1.82, 2.24) is 20.2 Å². The number of piperidine rings is 1. The highest BCUT2D eigenvalue weighted by Crippen LogP contribution is 2.19. The maximum absolute atomic E-state index is 11.9. The molecule has 1 fully saturated rings. The standard InChI is InChI=1S/C20H29N5O2.HI/c1-3-21-20(25-13-10-15(11-14-25)19(26)27-4-2)22-12-9-18-23-16-7-5-6-8-17(16)24-18;/h5-8,15H,3-4,9-14H2,1-2H3,(H,21,22)(H,23,24);1H. The second kappa shape index (κ2) is 11.2. The monoisotopic (exact) mass is 499 g/mol. The number of H-pyrrole nitrogens is 1. The molecule has 1 aromatic carbocycles. The average Bonchev–Trinajstić information content (AvgIpc) is 3.10. The highest BCUT2D eigenvalue weighted by Gasteiger charge is 2.27. The summed E-state index contributed by atoms with van der Waals surface area (Å²) in [6, 6.07) is 8.04. The summed E-state index contributed by atoms with van der Waals surface area (Å²) >= 11 is 0. The van der Waals surface area contributed by atoms with E-state index in [-0.39, 0.29) is 35.9 Å². The molecule has 0 amide bonds. The van der Waals surface area contributed by atoms with Crippen LogP contribution in [0.4, 0.5) is 0 Å². The normalized spacial score (nSPS) is 15.4. The van der Waals surface area contributed by atoms with E-state index in [4.69, 9.17) is 9.73 Å². The second-order valence-corrected chi connectivity index (χ2v) is 6.70. The lowest BCUT2D eigenvalue weighted by Gasteiger charge is -2.33. The lowest BCUT2D eigenvalue weighted by atomic mass is 9.97. The quantitative estimate of drug-likeness (QED) is 0.277. The van der Waals surface area contributed by atoms with Gasteiger partial charge < -0.3 is 19.9 Å². The molecule has 2 aromatic rings. The maximum atomic E-state index is 11.9. The minimum absolute atomic E-state index is 0. The van der Waals surface area contributed by atoms with Gasteiger partial charge in [0.25, 0.3) is 0 Å². The number of ether oxygens (including phenoxy) is 1. The summed E-state index contributed by atoms with van der Waals surface area (Å²) in [5.74, 6) is 1.82. The zero-order chi connectivity index (χ0) is 19.1. The van der Waals surface area contributed by atoms with E-state index >= 15 is 0 Å². The lowest BCUT2D eigenvalue weighted by molar-refractivity contribution is -0.149. The zero-order valence-corrected chi connectivity index (χ0v) is 18.9. The van der Waals surface area contributed by atoms with Gasteiger partial charge in [-0.25, -0.2) is 4.98 Å². The van der Waals surface area contributed by atoms with Crippen molar-refractivity contribution in [3.05, 3.63) is 30.1 Å². The van der Waals surface area contributed by atoms with Gasteiger partial charge in [0.15, 0.2) is 5.96 Å². The van der Waals surface area contributed by atoms with Crippen LogP contribution in [0.1, 0.15) is 32.5 Å². The summed E-state index contributed by atoms with van der Waals surface area (Å²) in [4.78, 5) is 26.9. The Kier molecular flexibility index (Phi) is 9.01. The third-order valence-electron chi connectivity index (χ3n) is 4.80. The number of likely N-dealkylation sites (tertiary alicyclic amines) is 1. The number of aliphatic imine (C=N–C) groups is 1. The van der Waals surface area contributed by atoms with Gasteiger partial charge in [0.05, 0.1) is 23.6 Å². The Hall–Kier alpha value is -1.84. The summed E-state index contributed by atoms with van der Waals surface area (Å²) in [5, 5.41) is 3.36. The summed E-state index contributed by atoms with van der Waals surface area (Å²) in [7, 11) is 0. The summed E-state index contributed by atoms with van der Waals surface area (Å²) < 4.78 is 5.15. The molecule has 1 aliphatic rings. The summed E-state index contributed by atoms with van der Waals surface area (Å²) in [6.45, 7) is 7.50. The van der Waals surface area contributed by atoms with E-state index in [1.54, 1.807) is 0 Å². The molecule has 1 aromatic heterocycles. The highest BCUT2D eigenvalue weighted by molar-refractivity contribution is 14.0. The van der Waals surface area contributed by atoms with Crippen LogP contribution in [0.25, 0.3) is 11.0 Å². The van der Waals surface area contributed by atoms with Crippen LogP contribution in [-0.2, 0) is 16.0 Å². The van der Waals surface area contributed by atoms with Crippen LogP contribution < -0.4 is 5.32 Å². The molecule has 0 spiro atoms. The number of fused-ring (bicyclic) bond motifs is 1. The molecule has 0 aliphatic carbocycles. The lowest BCUT2D eigenvalue weighted by Crippen LogP contribution is -2.46. The van der Waals surface area contributed by atoms with E-state index < -0.39 is 0 Å². The molecule has 3 rings (SSSR count). The van der Waals surface area contributed by atoms with Crippen molar-refractivity contribution in [2.75, 3.05) is 32.8 Å². The number of aromatic nitrogens is 2. The van der Waals surface area contributed by atoms with Crippen LogP contribution in [-0.4, -0.2) is 59.6 Å². The number of halogens is 1. The molecule has 0 saturated carbocycles. The first-order chi connectivity index (χ1) is 13.2. The first-order valence-corrected chi connectivity index (χ1v) is 9.84. The molecule has 28 heavy (non-hydrogen) atoms. The fraction of sp³-hybridized carbons (Fsp3) is 0.550. The van der Waals surface area contributed by atoms with Crippen LogP contribution in [0.2, 0.25) is 0 Å². The minimum Gasteiger partial charge on any atom is -0.466 e. The fourth-order valence-electron chi connectivity index (χ4n) is 3.40. The number of imidazole rings is 1. The molecule has 0 atom stereocenters. The molecule has 1 saturated heterocycles. The second-order valence-electron chi connectivity index (χ2n) is 6.70. The van der Waals surface area contributed by atoms with Gasteiger partial charge in [-0.3, -0.25) is 9.79 Å². The van der Waals surface area contributed by atoms with E-state index in [0.717, 1.165) is 61.7 Å². The number of carbonyl (C=O) groups is 1. The van der Waals surface area contributed by atoms with Gasteiger partial charge in [0, 0.05) is 32.6 Å². The summed E-state index contributed by atoms with van der Waals surface area (Å²) in [5.41, 5.74) is 2.05. The van der Waals surface area contributed by atoms with Crippen LogP contribution in [0.3, 0.4) is 0 Å². The van der Waals surface area contributed by atoms with Gasteiger partial charge in [-0.05, 0) is 38.8 Å². The van der Waals surface area contributed by atoms with Crippen LogP contribution in [0.5, 0.6) is 0 Å². The number of rotatable bonds is 6. The predicted octanol–water partition coefficient (Wildman–Crippen LogP) is 2.96. The molecule has 0 radical (unpaired) electrons. The first-order valence-electron chi connectivity index (χ1n) is 9.84. The molecule has 8 heteroatoms. The molecule has 1 aliphatic heterocycles. The van der Waals surface area contributed by atoms with Crippen molar-refractivity contribution in [3.8, 4) is 0 Å². The van der Waals surface area contributed by atoms with Crippen LogP contribution >= 0.6 is 24.0 Å². The third kappa shape index (κ3) is 5.83. The Morgan fingerprint density at radius 2 is 2.07 bits per heavy atom. The molecule has 7 nitrogen and oxygen atoms in total. The van der Waals surface area contributed by atoms with Crippen molar-refractivity contribution in [2.45, 2.75) is 33.1 Å². The van der Waals surface area contributed by atoms with E-state index in [0.29, 0.717) is 13.2 Å². The molecule has 154 valence electrons. The van der Waals surface area contributed by atoms with E-state index in [2.05, 4.69) is 27.1 Å². The SMILES string of the molecule is CCNC(=NCCc1nc2ccccc2[nH]1)N1CCC(C(=O)OCC)CC1.I. The van der Waals surface area contributed by atoms with Gasteiger partial charge in [-0.15, -0.1) is 24.0 Å². The van der Waals surface area contributed by atoms with Crippen molar-refractivity contribution in [1.29, 1.82) is 0 Å². The number of nitrogens with zero attached hydrogens (tertiary/aromatic N) is 3. The maximum Gasteiger partial charge on any atom is 0.309 e. The van der Waals surface area contributed by atoms with Crippen LogP contribution in [0.15, 0.2) is 29.3 Å². The van der Waals surface area contributed by atoms with Crippen molar-refractivity contribution in [3.63, 3.8) is 0 Å². The zero-order valence-electron chi connectivity index (χ0n) is 16.6. The molecule has 2 heterocycles. The van der Waals surface area contributed by atoms with Crippen molar-refractivity contribution >= 4 is 46.9 Å². The Morgan fingerprint density at radius 3 is 2.75 bits per heavy atom. The van der Waals surface area contributed by atoms with E-state index in [1.807, 2.05) is 31.2 Å². The number of para-hydroxylation sites is 2. The Labute approximate surface area is 183 Å². The predicted molar refractivity (Wildman–Crippen MR) is 122 cm³/mol. The number of esters is 1. The molecule has 2 N–H and O–H groups in total. The van der Waals surface area contributed by atoms with Gasteiger partial charge in [0.2, 0.25) is 0 Å². The van der Waals surface area contributed by atoms with Gasteiger partial charge in [0.1, 0.15) is 5.82 Å². The van der Waals surface area contributed by atoms with E-state index in [1.165, 1.54) is 0 Å². The first kappa shape index (κ1) is 22.4. The number of hydrogen-bond donors (Lipinski definition) is 2. The Morgan fingerprint density at radius 1 is 1.32 bits per heavy atom. The van der Waals surface area contributed by atoms with E-state index in [9.17, 15) is 4.79 Å². The number of aromatic amines is 1. The topological polar surface area (TPSA) is 82.6 Å². The molecule has 0 bridgehead atoms. The molecule has 0 unspecified atom stereocenters. The highest BCUT2D eigenvalue weighted by atomic mass is 127. The Balaban J connectivity index is 0.00000280. The van der Waals surface area contributed by atoms with Gasteiger partial charge in [-0.2, -0.15) is 0 Å². The number of nitrogens with one attached hydrogen (secondary N) is 2. The third-order valence-corrected chi connectivity index (χ3v) is 4.80. The van der Waals surface area contributed by atoms with Gasteiger partial charge in [-0.1, -0.05) is 12.1 Å². The fourth-order valence-corrected chi connectivity index (χ4v) is 3.40. The van der Waals surface area contributed by atoms with Crippen molar-refractivity contribution in [2.24, 2.45) is 10.9 Å². The average molecular weight is 499 g/mol. The number of hydrogen-bond acceptors (Lipinski definition) is 4. The smallest absolute Gasteiger partial charge is 0.309 e.